The van der Waals surface area contributed by atoms with Crippen LogP contribution in [0.5, 0.6) is 0 Å². The van der Waals surface area contributed by atoms with Gasteiger partial charge in [0.25, 0.3) is 0 Å². The molecule has 4 aliphatic rings. The lowest BCUT2D eigenvalue weighted by Gasteiger charge is -2.61. The molecule has 0 saturated heterocycles. The highest BCUT2D eigenvalue weighted by atomic mass is 16.5. The molecule has 25 heavy (non-hydrogen) atoms. The lowest BCUT2D eigenvalue weighted by molar-refractivity contribution is -0.127. The summed E-state index contributed by atoms with van der Waals surface area (Å²) in [6.07, 6.45) is 12.4. The van der Waals surface area contributed by atoms with Crippen molar-refractivity contribution < 1.29 is 9.84 Å². The number of methoxy groups -OCH3 is 1. The molecule has 0 spiro atoms. The molecule has 4 rings (SSSR count). The molecule has 0 amide bonds. The predicted octanol–water partition coefficient (Wildman–Crippen LogP) is 5.29. The fourth-order valence-electron chi connectivity index (χ4n) is 8.57. The van der Waals surface area contributed by atoms with Gasteiger partial charge in [-0.3, -0.25) is 0 Å². The Bertz CT molecular complexity index is 488. The summed E-state index contributed by atoms with van der Waals surface area (Å²) in [5, 5.41) is 10.4. The Morgan fingerprint density at radius 3 is 2.40 bits per heavy atom. The van der Waals surface area contributed by atoms with Crippen LogP contribution in [0, 0.1) is 46.3 Å². The van der Waals surface area contributed by atoms with Crippen LogP contribution in [0.3, 0.4) is 0 Å². The van der Waals surface area contributed by atoms with E-state index in [1.165, 1.54) is 57.8 Å². The average molecular weight is 349 g/mol. The van der Waals surface area contributed by atoms with E-state index in [0.717, 1.165) is 36.2 Å². The smallest absolute Gasteiger partial charge is 0.0545 e. The molecular formula is C23H40O2. The van der Waals surface area contributed by atoms with Crippen LogP contribution in [0.15, 0.2) is 0 Å². The number of aliphatic hydroxyl groups is 1. The van der Waals surface area contributed by atoms with Crippen LogP contribution in [0.1, 0.15) is 78.6 Å². The molecule has 9 unspecified atom stereocenters. The Morgan fingerprint density at radius 1 is 0.960 bits per heavy atom. The molecule has 4 saturated carbocycles. The van der Waals surface area contributed by atoms with E-state index in [1.54, 1.807) is 0 Å². The Balaban J connectivity index is 1.54. The maximum absolute atomic E-state index is 10.4. The molecule has 144 valence electrons. The van der Waals surface area contributed by atoms with Gasteiger partial charge < -0.3 is 9.84 Å². The van der Waals surface area contributed by atoms with Gasteiger partial charge in [0.15, 0.2) is 0 Å². The lowest BCUT2D eigenvalue weighted by Crippen LogP contribution is -2.54. The third-order valence-electron chi connectivity index (χ3n) is 9.83. The highest BCUT2D eigenvalue weighted by Crippen LogP contribution is 2.68. The van der Waals surface area contributed by atoms with Gasteiger partial charge in [0.05, 0.1) is 6.10 Å². The highest BCUT2D eigenvalue weighted by Gasteiger charge is 2.60. The first kappa shape index (κ1) is 18.3. The standard InChI is InChI=1S/C23H40O2/c1-15(24)19-7-8-20-18-6-5-17-13-16(14-25-4)9-11-22(17,2)21(18)10-12-23(19,20)3/h15-21,24H,5-14H2,1-4H3. The molecule has 0 heterocycles. The SMILES string of the molecule is COCC1CCC2(C)C(CCC3C2CCC2(C)C(C(C)O)CCC32)C1. The molecule has 0 aliphatic heterocycles. The molecule has 4 fully saturated rings. The highest BCUT2D eigenvalue weighted by molar-refractivity contribution is 5.09. The van der Waals surface area contributed by atoms with Crippen LogP contribution >= 0.6 is 0 Å². The first-order valence-corrected chi connectivity index (χ1v) is 11.1. The first-order valence-electron chi connectivity index (χ1n) is 11.1. The topological polar surface area (TPSA) is 29.5 Å². The van der Waals surface area contributed by atoms with Crippen molar-refractivity contribution in [3.63, 3.8) is 0 Å². The number of rotatable bonds is 3. The lowest BCUT2D eigenvalue weighted by atomic mass is 9.44. The van der Waals surface area contributed by atoms with Gasteiger partial charge in [0.2, 0.25) is 0 Å². The maximum atomic E-state index is 10.4. The van der Waals surface area contributed by atoms with Crippen LogP contribution in [0.2, 0.25) is 0 Å². The van der Waals surface area contributed by atoms with E-state index >= 15 is 0 Å². The molecule has 0 aromatic carbocycles. The van der Waals surface area contributed by atoms with Crippen molar-refractivity contribution in [3.8, 4) is 0 Å². The number of aliphatic hydroxyl groups excluding tert-OH is 1. The molecule has 1 N–H and O–H groups in total. The summed E-state index contributed by atoms with van der Waals surface area (Å²) in [6.45, 7) is 8.20. The van der Waals surface area contributed by atoms with Crippen molar-refractivity contribution in [2.45, 2.75) is 84.7 Å². The quantitative estimate of drug-likeness (QED) is 0.751. The van der Waals surface area contributed by atoms with Gasteiger partial charge in [-0.25, -0.2) is 0 Å². The third kappa shape index (κ3) is 2.73. The summed E-state index contributed by atoms with van der Waals surface area (Å²) in [5.74, 6) is 5.03. The van der Waals surface area contributed by atoms with Gasteiger partial charge in [0.1, 0.15) is 0 Å². The van der Waals surface area contributed by atoms with Crippen molar-refractivity contribution in [1.82, 2.24) is 0 Å². The zero-order valence-corrected chi connectivity index (χ0v) is 17.0. The Labute approximate surface area is 155 Å². The van der Waals surface area contributed by atoms with Gasteiger partial charge in [-0.15, -0.1) is 0 Å². The van der Waals surface area contributed by atoms with Gasteiger partial charge >= 0.3 is 0 Å². The summed E-state index contributed by atoms with van der Waals surface area (Å²) in [7, 11) is 1.87. The second kappa shape index (κ2) is 6.51. The minimum Gasteiger partial charge on any atom is -0.393 e. The fourth-order valence-corrected chi connectivity index (χ4v) is 8.57. The molecule has 0 aromatic rings. The molecule has 0 radical (unpaired) electrons. The molecule has 0 aromatic heterocycles. The maximum Gasteiger partial charge on any atom is 0.0545 e. The number of hydrogen-bond donors (Lipinski definition) is 1. The van der Waals surface area contributed by atoms with Crippen LogP contribution in [-0.2, 0) is 4.74 Å². The summed E-state index contributed by atoms with van der Waals surface area (Å²) >= 11 is 0. The molecule has 4 aliphatic carbocycles. The predicted molar refractivity (Wildman–Crippen MR) is 102 cm³/mol. The number of hydrogen-bond acceptors (Lipinski definition) is 2. The minimum absolute atomic E-state index is 0.122. The molecule has 2 heteroatoms. The van der Waals surface area contributed by atoms with Gasteiger partial charge in [-0.2, -0.15) is 0 Å². The van der Waals surface area contributed by atoms with Crippen molar-refractivity contribution in [3.05, 3.63) is 0 Å². The zero-order valence-electron chi connectivity index (χ0n) is 17.0. The summed E-state index contributed by atoms with van der Waals surface area (Å²) in [5.41, 5.74) is 0.989. The van der Waals surface area contributed by atoms with E-state index in [4.69, 9.17) is 4.74 Å². The normalized spacial score (nSPS) is 53.6. The number of ether oxygens (including phenoxy) is 1. The molecule has 0 bridgehead atoms. The zero-order chi connectivity index (χ0) is 17.8. The van der Waals surface area contributed by atoms with Crippen molar-refractivity contribution in [1.29, 1.82) is 0 Å². The molecule has 2 nitrogen and oxygen atoms in total. The largest absolute Gasteiger partial charge is 0.393 e. The van der Waals surface area contributed by atoms with E-state index in [1.807, 2.05) is 14.0 Å². The summed E-state index contributed by atoms with van der Waals surface area (Å²) < 4.78 is 5.48. The van der Waals surface area contributed by atoms with E-state index in [2.05, 4.69) is 13.8 Å². The van der Waals surface area contributed by atoms with E-state index < -0.39 is 0 Å². The second-order valence-electron chi connectivity index (χ2n) is 10.7. The fraction of sp³-hybridized carbons (Fsp3) is 1.00. The summed E-state index contributed by atoms with van der Waals surface area (Å²) in [4.78, 5) is 0. The van der Waals surface area contributed by atoms with E-state index in [0.29, 0.717) is 16.7 Å². The van der Waals surface area contributed by atoms with Crippen LogP contribution in [0.25, 0.3) is 0 Å². The van der Waals surface area contributed by atoms with Crippen molar-refractivity contribution in [2.24, 2.45) is 46.3 Å². The third-order valence-corrected chi connectivity index (χ3v) is 9.83. The Hall–Kier alpha value is -0.0800. The average Bonchev–Trinajstić information content (AvgIpc) is 2.93. The van der Waals surface area contributed by atoms with Crippen LogP contribution in [0.4, 0.5) is 0 Å². The van der Waals surface area contributed by atoms with Gasteiger partial charge in [-0.05, 0) is 111 Å². The minimum atomic E-state index is -0.122. The Morgan fingerprint density at radius 2 is 1.68 bits per heavy atom. The van der Waals surface area contributed by atoms with E-state index in [9.17, 15) is 5.11 Å². The van der Waals surface area contributed by atoms with Crippen molar-refractivity contribution >= 4 is 0 Å². The molecular weight excluding hydrogens is 308 g/mol. The Kier molecular flexibility index (Phi) is 4.77. The first-order chi connectivity index (χ1) is 11.9. The van der Waals surface area contributed by atoms with Gasteiger partial charge in [0, 0.05) is 13.7 Å². The van der Waals surface area contributed by atoms with Crippen molar-refractivity contribution in [2.75, 3.05) is 13.7 Å². The monoisotopic (exact) mass is 348 g/mol. The van der Waals surface area contributed by atoms with Crippen LogP contribution < -0.4 is 0 Å². The molecule has 9 atom stereocenters. The number of fused-ring (bicyclic) bond motifs is 5. The summed E-state index contributed by atoms with van der Waals surface area (Å²) in [6, 6.07) is 0. The van der Waals surface area contributed by atoms with E-state index in [-0.39, 0.29) is 6.10 Å². The second-order valence-corrected chi connectivity index (χ2v) is 10.7. The van der Waals surface area contributed by atoms with Gasteiger partial charge in [-0.1, -0.05) is 13.8 Å². The van der Waals surface area contributed by atoms with Crippen LogP contribution in [-0.4, -0.2) is 24.9 Å².